The third-order valence-electron chi connectivity index (χ3n) is 2.58. The number of hydrogen-bond donors (Lipinski definition) is 1. The van der Waals surface area contributed by atoms with E-state index in [9.17, 15) is 9.90 Å². The Morgan fingerprint density at radius 2 is 2.12 bits per heavy atom. The van der Waals surface area contributed by atoms with E-state index in [-0.39, 0.29) is 11.7 Å². The summed E-state index contributed by atoms with van der Waals surface area (Å²) in [6, 6.07) is 4.78. The number of nitrogens with zero attached hydrogens (tertiary/aromatic N) is 1. The van der Waals surface area contributed by atoms with E-state index in [1.165, 1.54) is 6.07 Å². The molecule has 1 aromatic carbocycles. The van der Waals surface area contributed by atoms with Gasteiger partial charge in [-0.25, -0.2) is 0 Å². The van der Waals surface area contributed by atoms with Gasteiger partial charge in [-0.1, -0.05) is 6.92 Å². The maximum absolute atomic E-state index is 12.2. The molecule has 0 aromatic heterocycles. The zero-order valence-electron chi connectivity index (χ0n) is 10.2. The van der Waals surface area contributed by atoms with Gasteiger partial charge < -0.3 is 10.0 Å². The number of hydrogen-bond acceptors (Lipinski definition) is 2. The molecule has 1 N–H and O–H groups in total. The second-order valence-electron chi connectivity index (χ2n) is 3.98. The van der Waals surface area contributed by atoms with Crippen LogP contribution in [0, 0.1) is 6.92 Å². The third-order valence-corrected chi connectivity index (χ3v) is 2.74. The number of aryl methyl sites for hydroxylation is 1. The van der Waals surface area contributed by atoms with Gasteiger partial charge >= 0.3 is 0 Å². The first-order chi connectivity index (χ1) is 8.10. The van der Waals surface area contributed by atoms with Crippen molar-refractivity contribution in [3.63, 3.8) is 0 Å². The van der Waals surface area contributed by atoms with Crippen molar-refractivity contribution in [2.45, 2.75) is 20.3 Å². The van der Waals surface area contributed by atoms with Crippen LogP contribution in [0.3, 0.4) is 0 Å². The van der Waals surface area contributed by atoms with Gasteiger partial charge in [-0.15, -0.1) is 11.6 Å². The van der Waals surface area contributed by atoms with Crippen molar-refractivity contribution in [2.24, 2.45) is 0 Å². The van der Waals surface area contributed by atoms with Crippen LogP contribution in [0.2, 0.25) is 0 Å². The molecule has 3 nitrogen and oxygen atoms in total. The quantitative estimate of drug-likeness (QED) is 0.822. The molecule has 0 saturated heterocycles. The van der Waals surface area contributed by atoms with Crippen molar-refractivity contribution in [2.75, 3.05) is 19.0 Å². The van der Waals surface area contributed by atoms with E-state index in [0.29, 0.717) is 24.5 Å². The molecule has 1 amide bonds. The lowest BCUT2D eigenvalue weighted by molar-refractivity contribution is 0.0765. The molecule has 0 aliphatic rings. The fourth-order valence-electron chi connectivity index (χ4n) is 1.74. The van der Waals surface area contributed by atoms with Crippen molar-refractivity contribution >= 4 is 17.5 Å². The lowest BCUT2D eigenvalue weighted by atomic mass is 10.1. The van der Waals surface area contributed by atoms with E-state index >= 15 is 0 Å². The molecule has 17 heavy (non-hydrogen) atoms. The van der Waals surface area contributed by atoms with E-state index in [4.69, 9.17) is 11.6 Å². The zero-order chi connectivity index (χ0) is 12.8. The zero-order valence-corrected chi connectivity index (χ0v) is 11.0. The van der Waals surface area contributed by atoms with Crippen molar-refractivity contribution in [1.82, 2.24) is 4.90 Å². The summed E-state index contributed by atoms with van der Waals surface area (Å²) in [4.78, 5) is 14.0. The van der Waals surface area contributed by atoms with E-state index in [1.54, 1.807) is 17.0 Å². The number of halogens is 1. The number of carbonyl (C=O) groups excluding carboxylic acids is 1. The fourth-order valence-corrected chi connectivity index (χ4v) is 1.95. The lowest BCUT2D eigenvalue weighted by Gasteiger charge is -2.22. The van der Waals surface area contributed by atoms with Gasteiger partial charge in [0.05, 0.1) is 0 Å². The smallest absolute Gasteiger partial charge is 0.254 e. The van der Waals surface area contributed by atoms with Gasteiger partial charge in [-0.05, 0) is 37.1 Å². The van der Waals surface area contributed by atoms with Crippen LogP contribution < -0.4 is 0 Å². The molecular weight excluding hydrogens is 238 g/mol. The molecule has 0 spiro atoms. The maximum atomic E-state index is 12.2. The predicted octanol–water partition coefficient (Wildman–Crippen LogP) is 2.79. The minimum atomic E-state index is -0.0231. The topological polar surface area (TPSA) is 40.5 Å². The second kappa shape index (κ2) is 6.50. The molecule has 0 atom stereocenters. The molecule has 0 aliphatic heterocycles. The van der Waals surface area contributed by atoms with E-state index < -0.39 is 0 Å². The average molecular weight is 256 g/mol. The lowest BCUT2D eigenvalue weighted by Crippen LogP contribution is -2.33. The summed E-state index contributed by atoms with van der Waals surface area (Å²) in [6.45, 7) is 5.09. The standard InChI is InChI=1S/C13H18ClNO2/c1-3-7-15(8-6-14)13(17)12-5-4-11(16)9-10(12)2/h4-5,9,16H,3,6-8H2,1-2H3. The minimum Gasteiger partial charge on any atom is -0.508 e. The Labute approximate surface area is 107 Å². The van der Waals surface area contributed by atoms with Crippen molar-refractivity contribution in [1.29, 1.82) is 0 Å². The molecule has 4 heteroatoms. The Morgan fingerprint density at radius 1 is 1.41 bits per heavy atom. The van der Waals surface area contributed by atoms with Gasteiger partial charge in [0.25, 0.3) is 5.91 Å². The predicted molar refractivity (Wildman–Crippen MR) is 69.8 cm³/mol. The fraction of sp³-hybridized carbons (Fsp3) is 0.462. The number of carbonyl (C=O) groups is 1. The van der Waals surface area contributed by atoms with Gasteiger partial charge in [0.2, 0.25) is 0 Å². The summed E-state index contributed by atoms with van der Waals surface area (Å²) in [6.07, 6.45) is 0.903. The average Bonchev–Trinajstić information content (AvgIpc) is 2.28. The molecule has 0 heterocycles. The number of amides is 1. The van der Waals surface area contributed by atoms with Crippen molar-refractivity contribution in [3.05, 3.63) is 29.3 Å². The SMILES string of the molecule is CCCN(CCCl)C(=O)c1ccc(O)cc1C. The van der Waals surface area contributed by atoms with Crippen LogP contribution >= 0.6 is 11.6 Å². The number of phenolic OH excluding ortho intramolecular Hbond substituents is 1. The number of alkyl halides is 1. The van der Waals surface area contributed by atoms with E-state index in [0.717, 1.165) is 12.0 Å². The number of benzene rings is 1. The molecule has 0 radical (unpaired) electrons. The highest BCUT2D eigenvalue weighted by atomic mass is 35.5. The first kappa shape index (κ1) is 13.8. The van der Waals surface area contributed by atoms with Crippen LogP contribution in [0.1, 0.15) is 29.3 Å². The van der Waals surface area contributed by atoms with Crippen LogP contribution in [-0.2, 0) is 0 Å². The summed E-state index contributed by atoms with van der Waals surface area (Å²) in [5, 5.41) is 9.32. The van der Waals surface area contributed by atoms with Gasteiger partial charge in [0.1, 0.15) is 5.75 Å². The molecule has 0 saturated carbocycles. The minimum absolute atomic E-state index is 0.0231. The van der Waals surface area contributed by atoms with Crippen LogP contribution in [0.4, 0.5) is 0 Å². The molecule has 0 unspecified atom stereocenters. The van der Waals surface area contributed by atoms with Crippen molar-refractivity contribution in [3.8, 4) is 5.75 Å². The summed E-state index contributed by atoms with van der Waals surface area (Å²) in [5.74, 6) is 0.589. The monoisotopic (exact) mass is 255 g/mol. The first-order valence-corrected chi connectivity index (χ1v) is 6.28. The highest BCUT2D eigenvalue weighted by Crippen LogP contribution is 2.17. The highest BCUT2D eigenvalue weighted by molar-refractivity contribution is 6.18. The second-order valence-corrected chi connectivity index (χ2v) is 4.36. The van der Waals surface area contributed by atoms with Gasteiger partial charge in [-0.2, -0.15) is 0 Å². The van der Waals surface area contributed by atoms with Crippen LogP contribution in [0.5, 0.6) is 5.75 Å². The van der Waals surface area contributed by atoms with Gasteiger partial charge in [0.15, 0.2) is 0 Å². The van der Waals surface area contributed by atoms with Crippen LogP contribution in [0.15, 0.2) is 18.2 Å². The molecule has 1 aromatic rings. The van der Waals surface area contributed by atoms with Gasteiger partial charge in [0, 0.05) is 24.5 Å². The Hall–Kier alpha value is -1.22. The Balaban J connectivity index is 2.92. The molecule has 0 bridgehead atoms. The summed E-state index contributed by atoms with van der Waals surface area (Å²) < 4.78 is 0. The Morgan fingerprint density at radius 3 is 2.65 bits per heavy atom. The normalized spacial score (nSPS) is 10.3. The number of aromatic hydroxyl groups is 1. The summed E-state index contributed by atoms with van der Waals surface area (Å²) in [5.41, 5.74) is 1.41. The molecule has 94 valence electrons. The van der Waals surface area contributed by atoms with Crippen LogP contribution in [-0.4, -0.2) is 34.9 Å². The maximum Gasteiger partial charge on any atom is 0.254 e. The summed E-state index contributed by atoms with van der Waals surface area (Å²) in [7, 11) is 0. The molecular formula is C13H18ClNO2. The largest absolute Gasteiger partial charge is 0.508 e. The van der Waals surface area contributed by atoms with E-state index in [2.05, 4.69) is 0 Å². The number of phenols is 1. The molecule has 0 fully saturated rings. The first-order valence-electron chi connectivity index (χ1n) is 5.75. The Kier molecular flexibility index (Phi) is 5.29. The van der Waals surface area contributed by atoms with Gasteiger partial charge in [-0.3, -0.25) is 4.79 Å². The highest BCUT2D eigenvalue weighted by Gasteiger charge is 2.16. The molecule has 1 rings (SSSR count). The third kappa shape index (κ3) is 3.63. The van der Waals surface area contributed by atoms with Crippen molar-refractivity contribution < 1.29 is 9.90 Å². The molecule has 0 aliphatic carbocycles. The van der Waals surface area contributed by atoms with Crippen LogP contribution in [0.25, 0.3) is 0 Å². The number of rotatable bonds is 5. The Bertz CT molecular complexity index is 387. The van der Waals surface area contributed by atoms with E-state index in [1.807, 2.05) is 13.8 Å². The summed E-state index contributed by atoms with van der Waals surface area (Å²) >= 11 is 5.69.